The van der Waals surface area contributed by atoms with Crippen LogP contribution in [0.3, 0.4) is 0 Å². The summed E-state index contributed by atoms with van der Waals surface area (Å²) in [4.78, 5) is 74.7. The summed E-state index contributed by atoms with van der Waals surface area (Å²) in [6.45, 7) is -0.537. The molecule has 0 unspecified atom stereocenters. The Labute approximate surface area is 238 Å². The van der Waals surface area contributed by atoms with Crippen LogP contribution in [-0.4, -0.2) is 41.1 Å². The number of ketones is 1. The van der Waals surface area contributed by atoms with Crippen molar-refractivity contribution in [3.05, 3.63) is 112 Å². The van der Waals surface area contributed by atoms with E-state index in [1.807, 2.05) is 12.2 Å². The first-order valence-corrected chi connectivity index (χ1v) is 13.1. The zero-order valence-corrected chi connectivity index (χ0v) is 21.9. The number of ether oxygens (including phenoxy) is 2. The lowest BCUT2D eigenvalue weighted by atomic mass is 9.85. The van der Waals surface area contributed by atoms with Crippen molar-refractivity contribution in [2.75, 3.05) is 11.5 Å². The molecule has 0 aromatic heterocycles. The molecular formula is C31H22N2O9. The number of nitro benzene ring substituents is 1. The van der Waals surface area contributed by atoms with Gasteiger partial charge >= 0.3 is 11.9 Å². The molecule has 2 bridgehead atoms. The van der Waals surface area contributed by atoms with E-state index in [4.69, 9.17) is 9.47 Å². The Morgan fingerprint density at radius 1 is 0.762 bits per heavy atom. The minimum Gasteiger partial charge on any atom is -0.454 e. The van der Waals surface area contributed by atoms with Crippen LogP contribution in [0.15, 0.2) is 84.9 Å². The molecule has 2 aliphatic carbocycles. The number of esters is 2. The van der Waals surface area contributed by atoms with Crippen LogP contribution in [-0.2, 0) is 14.3 Å². The second-order valence-electron chi connectivity index (χ2n) is 10.3. The Hall–Kier alpha value is -5.45. The lowest BCUT2D eigenvalue weighted by Gasteiger charge is -2.17. The highest BCUT2D eigenvalue weighted by molar-refractivity contribution is 6.22. The molecule has 4 atom stereocenters. The molecule has 1 saturated heterocycles. The van der Waals surface area contributed by atoms with Crippen LogP contribution in [0.1, 0.15) is 37.5 Å². The van der Waals surface area contributed by atoms with Gasteiger partial charge in [0.25, 0.3) is 5.69 Å². The number of carbonyl (C=O) groups is 5. The van der Waals surface area contributed by atoms with Gasteiger partial charge in [0.05, 0.1) is 33.6 Å². The number of imide groups is 1. The van der Waals surface area contributed by atoms with Gasteiger partial charge in [-0.05, 0) is 78.9 Å². The molecule has 1 heterocycles. The van der Waals surface area contributed by atoms with Gasteiger partial charge in [0.15, 0.2) is 12.4 Å². The van der Waals surface area contributed by atoms with Crippen LogP contribution in [0.25, 0.3) is 0 Å². The van der Waals surface area contributed by atoms with E-state index in [0.717, 1.165) is 6.42 Å². The average Bonchev–Trinajstić information content (AvgIpc) is 3.69. The first kappa shape index (κ1) is 26.8. The molecule has 11 nitrogen and oxygen atoms in total. The molecule has 2 amide bonds. The van der Waals surface area contributed by atoms with Crippen LogP contribution >= 0.6 is 0 Å². The highest BCUT2D eigenvalue weighted by Gasteiger charge is 2.59. The summed E-state index contributed by atoms with van der Waals surface area (Å²) >= 11 is 0. The molecule has 2 fully saturated rings. The maximum atomic E-state index is 13.0. The first-order chi connectivity index (χ1) is 20.2. The fourth-order valence-electron chi connectivity index (χ4n) is 5.80. The van der Waals surface area contributed by atoms with Crippen molar-refractivity contribution >= 4 is 40.9 Å². The molecule has 6 rings (SSSR count). The molecule has 3 aromatic carbocycles. The second kappa shape index (κ2) is 10.5. The van der Waals surface area contributed by atoms with Gasteiger partial charge in [-0.2, -0.15) is 0 Å². The minimum absolute atomic E-state index is 0.0990. The summed E-state index contributed by atoms with van der Waals surface area (Å²) in [5.74, 6) is -2.69. The largest absolute Gasteiger partial charge is 0.454 e. The van der Waals surface area contributed by atoms with E-state index in [-0.39, 0.29) is 63.6 Å². The second-order valence-corrected chi connectivity index (χ2v) is 10.3. The van der Waals surface area contributed by atoms with E-state index in [1.54, 1.807) is 0 Å². The number of Topliss-reactive ketones (excluding diaryl/α,β-unsaturated/α-hetero) is 1. The Morgan fingerprint density at radius 3 is 1.86 bits per heavy atom. The minimum atomic E-state index is -0.748. The number of allylic oxidation sites excluding steroid dienone is 2. The Bertz CT molecular complexity index is 1630. The number of nitrogens with zero attached hydrogens (tertiary/aromatic N) is 2. The Balaban J connectivity index is 1.02. The van der Waals surface area contributed by atoms with Gasteiger partial charge in [-0.25, -0.2) is 9.59 Å². The number of amides is 2. The van der Waals surface area contributed by atoms with Gasteiger partial charge in [-0.1, -0.05) is 12.2 Å². The lowest BCUT2D eigenvalue weighted by molar-refractivity contribution is -0.384. The fourth-order valence-corrected chi connectivity index (χ4v) is 5.80. The summed E-state index contributed by atoms with van der Waals surface area (Å²) in [5, 5.41) is 10.8. The summed E-state index contributed by atoms with van der Waals surface area (Å²) in [7, 11) is 0. The highest BCUT2D eigenvalue weighted by Crippen LogP contribution is 2.53. The number of benzene rings is 3. The van der Waals surface area contributed by atoms with Gasteiger partial charge in [0.2, 0.25) is 11.8 Å². The monoisotopic (exact) mass is 566 g/mol. The molecule has 42 heavy (non-hydrogen) atoms. The van der Waals surface area contributed by atoms with Crippen LogP contribution in [0.5, 0.6) is 5.75 Å². The quantitative estimate of drug-likeness (QED) is 0.0744. The van der Waals surface area contributed by atoms with Gasteiger partial charge in [-0.3, -0.25) is 29.4 Å². The smallest absolute Gasteiger partial charge is 0.343 e. The average molecular weight is 567 g/mol. The van der Waals surface area contributed by atoms with Crippen LogP contribution in [0, 0.1) is 33.8 Å². The van der Waals surface area contributed by atoms with Crippen LogP contribution in [0.4, 0.5) is 11.4 Å². The third-order valence-electron chi connectivity index (χ3n) is 7.87. The van der Waals surface area contributed by atoms with Gasteiger partial charge in [-0.15, -0.1) is 0 Å². The van der Waals surface area contributed by atoms with Crippen molar-refractivity contribution < 1.29 is 38.4 Å². The van der Waals surface area contributed by atoms with Crippen molar-refractivity contribution in [2.45, 2.75) is 6.42 Å². The topological polar surface area (TPSA) is 150 Å². The molecule has 210 valence electrons. The standard InChI is InChI=1S/C31H22N2O9/c34-25(17-7-13-24(14-8-17)42-31(38)19-5-11-23(12-6-19)33(39)40)16-41-30(37)18-3-9-22(10-4-18)32-28(35)26-20-1-2-21(15-20)27(26)29(32)36/h1-14,20-21,26-27H,15-16H2/t20-,21-,26-,27-/m0/s1. The number of non-ortho nitro benzene ring substituents is 1. The van der Waals surface area contributed by atoms with E-state index < -0.39 is 29.3 Å². The molecule has 11 heteroatoms. The van der Waals surface area contributed by atoms with Gasteiger partial charge in [0, 0.05) is 17.7 Å². The van der Waals surface area contributed by atoms with Crippen molar-refractivity contribution in [2.24, 2.45) is 23.7 Å². The van der Waals surface area contributed by atoms with Crippen LogP contribution < -0.4 is 9.64 Å². The van der Waals surface area contributed by atoms with E-state index in [1.165, 1.54) is 77.7 Å². The number of anilines is 1. The predicted octanol–water partition coefficient (Wildman–Crippen LogP) is 4.17. The maximum absolute atomic E-state index is 13.0. The van der Waals surface area contributed by atoms with Gasteiger partial charge in [0.1, 0.15) is 5.75 Å². The lowest BCUT2D eigenvalue weighted by Crippen LogP contribution is -2.32. The molecule has 0 radical (unpaired) electrons. The summed E-state index contributed by atoms with van der Waals surface area (Å²) in [5.41, 5.74) is 0.717. The summed E-state index contributed by atoms with van der Waals surface area (Å²) < 4.78 is 10.4. The fraction of sp³-hybridized carbons (Fsp3) is 0.194. The van der Waals surface area contributed by atoms with E-state index >= 15 is 0 Å². The molecule has 3 aliphatic rings. The Morgan fingerprint density at radius 2 is 1.29 bits per heavy atom. The SMILES string of the molecule is O=C(COC(=O)c1ccc(N2C(=O)[C@@H]3[C@@H](C2=O)[C@H]2C=C[C@H]3C2)cc1)c1ccc(OC(=O)c2ccc([N+](=O)[O-])cc2)cc1. The maximum Gasteiger partial charge on any atom is 0.343 e. The van der Waals surface area contributed by atoms with E-state index in [2.05, 4.69) is 0 Å². The van der Waals surface area contributed by atoms with E-state index in [9.17, 15) is 34.1 Å². The summed E-state index contributed by atoms with van der Waals surface area (Å²) in [6, 6.07) is 16.4. The zero-order chi connectivity index (χ0) is 29.5. The molecule has 0 N–H and O–H groups in total. The molecule has 1 aliphatic heterocycles. The number of carbonyl (C=O) groups excluding carboxylic acids is 5. The number of hydrogen-bond acceptors (Lipinski definition) is 9. The van der Waals surface area contributed by atoms with E-state index in [0.29, 0.717) is 5.69 Å². The molecule has 0 spiro atoms. The zero-order valence-electron chi connectivity index (χ0n) is 21.9. The normalized spacial score (nSPS) is 21.8. The summed E-state index contributed by atoms with van der Waals surface area (Å²) in [6.07, 6.45) is 4.88. The number of rotatable bonds is 8. The number of fused-ring (bicyclic) bond motifs is 5. The van der Waals surface area contributed by atoms with Crippen molar-refractivity contribution in [1.29, 1.82) is 0 Å². The van der Waals surface area contributed by atoms with Crippen molar-refractivity contribution in [1.82, 2.24) is 0 Å². The third kappa shape index (κ3) is 4.74. The molecule has 1 saturated carbocycles. The molecule has 3 aromatic rings. The van der Waals surface area contributed by atoms with Gasteiger partial charge < -0.3 is 9.47 Å². The predicted molar refractivity (Wildman–Crippen MR) is 146 cm³/mol. The molecular weight excluding hydrogens is 544 g/mol. The number of nitro groups is 1. The van der Waals surface area contributed by atoms with Crippen LogP contribution in [0.2, 0.25) is 0 Å². The van der Waals surface area contributed by atoms with Crippen molar-refractivity contribution in [3.8, 4) is 5.75 Å². The Kier molecular flexibility index (Phi) is 6.69. The number of hydrogen-bond donors (Lipinski definition) is 0. The highest BCUT2D eigenvalue weighted by atomic mass is 16.6. The third-order valence-corrected chi connectivity index (χ3v) is 7.87. The van der Waals surface area contributed by atoms with Crippen molar-refractivity contribution in [3.63, 3.8) is 0 Å². The first-order valence-electron chi connectivity index (χ1n) is 13.1.